The SMILES string of the molecule is CC(C)(C)Nc1cncc(C(=O)N2CCCCC2)c1. The molecule has 4 heteroatoms. The van der Waals surface area contributed by atoms with Crippen molar-refractivity contribution in [3.05, 3.63) is 24.0 Å². The molecule has 19 heavy (non-hydrogen) atoms. The summed E-state index contributed by atoms with van der Waals surface area (Å²) in [6.45, 7) is 8.01. The summed E-state index contributed by atoms with van der Waals surface area (Å²) in [6.07, 6.45) is 6.87. The highest BCUT2D eigenvalue weighted by atomic mass is 16.2. The van der Waals surface area contributed by atoms with Gasteiger partial charge in [-0.15, -0.1) is 0 Å². The van der Waals surface area contributed by atoms with Crippen molar-refractivity contribution in [2.75, 3.05) is 18.4 Å². The van der Waals surface area contributed by atoms with Crippen LogP contribution in [0.1, 0.15) is 50.4 Å². The molecule has 1 aromatic rings. The van der Waals surface area contributed by atoms with E-state index in [2.05, 4.69) is 31.1 Å². The van der Waals surface area contributed by atoms with Crippen molar-refractivity contribution in [2.45, 2.75) is 45.6 Å². The Hall–Kier alpha value is -1.58. The van der Waals surface area contributed by atoms with Gasteiger partial charge in [0, 0.05) is 31.0 Å². The molecule has 2 heterocycles. The van der Waals surface area contributed by atoms with Gasteiger partial charge in [0.1, 0.15) is 0 Å². The van der Waals surface area contributed by atoms with Gasteiger partial charge in [-0.1, -0.05) is 0 Å². The minimum Gasteiger partial charge on any atom is -0.379 e. The van der Waals surface area contributed by atoms with E-state index in [-0.39, 0.29) is 11.4 Å². The molecule has 1 saturated heterocycles. The second-order valence-corrected chi connectivity index (χ2v) is 6.19. The largest absolute Gasteiger partial charge is 0.379 e. The summed E-state index contributed by atoms with van der Waals surface area (Å²) >= 11 is 0. The van der Waals surface area contributed by atoms with E-state index in [4.69, 9.17) is 0 Å². The van der Waals surface area contributed by atoms with E-state index in [1.165, 1.54) is 6.42 Å². The molecular formula is C15H23N3O. The van der Waals surface area contributed by atoms with E-state index in [0.29, 0.717) is 5.56 Å². The third-order valence-corrected chi connectivity index (χ3v) is 3.15. The molecule has 0 atom stereocenters. The molecule has 0 spiro atoms. The molecule has 1 aromatic heterocycles. The second-order valence-electron chi connectivity index (χ2n) is 6.19. The molecule has 0 radical (unpaired) electrons. The lowest BCUT2D eigenvalue weighted by Gasteiger charge is -2.27. The maximum absolute atomic E-state index is 12.4. The van der Waals surface area contributed by atoms with Gasteiger partial charge in [-0.25, -0.2) is 0 Å². The van der Waals surface area contributed by atoms with Crippen LogP contribution in [0.3, 0.4) is 0 Å². The van der Waals surface area contributed by atoms with Crippen LogP contribution < -0.4 is 5.32 Å². The molecule has 0 saturated carbocycles. The van der Waals surface area contributed by atoms with E-state index in [1.807, 2.05) is 11.0 Å². The number of piperidine rings is 1. The zero-order valence-electron chi connectivity index (χ0n) is 12.1. The number of carbonyl (C=O) groups is 1. The molecule has 1 N–H and O–H groups in total. The van der Waals surface area contributed by atoms with Crippen molar-refractivity contribution < 1.29 is 4.79 Å². The minimum atomic E-state index is -0.0333. The van der Waals surface area contributed by atoms with E-state index >= 15 is 0 Å². The second kappa shape index (κ2) is 5.59. The van der Waals surface area contributed by atoms with Crippen molar-refractivity contribution in [3.8, 4) is 0 Å². The molecule has 2 rings (SSSR count). The van der Waals surface area contributed by atoms with Crippen molar-refractivity contribution in [1.82, 2.24) is 9.88 Å². The van der Waals surface area contributed by atoms with Crippen LogP contribution in [0.2, 0.25) is 0 Å². The molecule has 0 aliphatic carbocycles. The quantitative estimate of drug-likeness (QED) is 0.890. The number of nitrogens with zero attached hydrogens (tertiary/aromatic N) is 2. The first kappa shape index (κ1) is 13.8. The Kier molecular flexibility index (Phi) is 4.08. The van der Waals surface area contributed by atoms with Gasteiger partial charge in [0.15, 0.2) is 0 Å². The van der Waals surface area contributed by atoms with Crippen molar-refractivity contribution in [2.24, 2.45) is 0 Å². The van der Waals surface area contributed by atoms with Gasteiger partial charge in [-0.2, -0.15) is 0 Å². The van der Waals surface area contributed by atoms with Crippen LogP contribution in [0.15, 0.2) is 18.5 Å². The molecule has 0 unspecified atom stereocenters. The first-order chi connectivity index (χ1) is 8.96. The van der Waals surface area contributed by atoms with E-state index in [1.54, 1.807) is 12.4 Å². The minimum absolute atomic E-state index is 0.0333. The van der Waals surface area contributed by atoms with Gasteiger partial charge in [-0.3, -0.25) is 9.78 Å². The molecule has 4 nitrogen and oxygen atoms in total. The van der Waals surface area contributed by atoms with Crippen LogP contribution in [0.25, 0.3) is 0 Å². The molecule has 1 fully saturated rings. The fraction of sp³-hybridized carbons (Fsp3) is 0.600. The highest BCUT2D eigenvalue weighted by Crippen LogP contribution is 2.17. The summed E-state index contributed by atoms with van der Waals surface area (Å²) in [7, 11) is 0. The third kappa shape index (κ3) is 3.94. The third-order valence-electron chi connectivity index (χ3n) is 3.15. The highest BCUT2D eigenvalue weighted by molar-refractivity contribution is 5.94. The van der Waals surface area contributed by atoms with Crippen LogP contribution in [0, 0.1) is 0 Å². The fourth-order valence-electron chi connectivity index (χ4n) is 2.34. The number of nitrogens with one attached hydrogen (secondary N) is 1. The van der Waals surface area contributed by atoms with E-state index in [9.17, 15) is 4.79 Å². The number of hydrogen-bond donors (Lipinski definition) is 1. The lowest BCUT2D eigenvalue weighted by atomic mass is 10.1. The zero-order chi connectivity index (χ0) is 13.9. The first-order valence-electron chi connectivity index (χ1n) is 6.98. The van der Waals surface area contributed by atoms with Crippen molar-refractivity contribution >= 4 is 11.6 Å². The Labute approximate surface area is 115 Å². The summed E-state index contributed by atoms with van der Waals surface area (Å²) in [6, 6.07) is 1.90. The Balaban J connectivity index is 2.11. The molecule has 0 aromatic carbocycles. The lowest BCUT2D eigenvalue weighted by Crippen LogP contribution is -2.35. The van der Waals surface area contributed by atoms with E-state index < -0.39 is 0 Å². The normalized spacial score (nSPS) is 16.3. The maximum atomic E-state index is 12.4. The van der Waals surface area contributed by atoms with Crippen molar-refractivity contribution in [3.63, 3.8) is 0 Å². The lowest BCUT2D eigenvalue weighted by molar-refractivity contribution is 0.0724. The predicted octanol–water partition coefficient (Wildman–Crippen LogP) is 2.92. The number of amides is 1. The summed E-state index contributed by atoms with van der Waals surface area (Å²) in [4.78, 5) is 18.5. The first-order valence-corrected chi connectivity index (χ1v) is 6.98. The van der Waals surface area contributed by atoms with Crippen LogP contribution >= 0.6 is 0 Å². The highest BCUT2D eigenvalue weighted by Gasteiger charge is 2.19. The zero-order valence-corrected chi connectivity index (χ0v) is 12.1. The number of likely N-dealkylation sites (tertiary alicyclic amines) is 1. The number of rotatable bonds is 2. The topological polar surface area (TPSA) is 45.2 Å². The van der Waals surface area contributed by atoms with Gasteiger partial charge in [0.25, 0.3) is 5.91 Å². The summed E-state index contributed by atoms with van der Waals surface area (Å²) < 4.78 is 0. The van der Waals surface area contributed by atoms with Crippen LogP contribution in [-0.2, 0) is 0 Å². The van der Waals surface area contributed by atoms with Gasteiger partial charge < -0.3 is 10.2 Å². The smallest absolute Gasteiger partial charge is 0.255 e. The van der Waals surface area contributed by atoms with Gasteiger partial charge in [0.05, 0.1) is 11.3 Å². The number of pyridine rings is 1. The van der Waals surface area contributed by atoms with E-state index in [0.717, 1.165) is 31.6 Å². The molecule has 1 amide bonds. The number of hydrogen-bond acceptors (Lipinski definition) is 3. The number of carbonyl (C=O) groups excluding carboxylic acids is 1. The monoisotopic (exact) mass is 261 g/mol. The molecule has 1 aliphatic heterocycles. The van der Waals surface area contributed by atoms with Crippen LogP contribution in [0.4, 0.5) is 5.69 Å². The molecular weight excluding hydrogens is 238 g/mol. The maximum Gasteiger partial charge on any atom is 0.255 e. The Morgan fingerprint density at radius 1 is 1.21 bits per heavy atom. The van der Waals surface area contributed by atoms with Gasteiger partial charge >= 0.3 is 0 Å². The molecule has 104 valence electrons. The van der Waals surface area contributed by atoms with Gasteiger partial charge in [0.2, 0.25) is 0 Å². The summed E-state index contributed by atoms with van der Waals surface area (Å²) in [5, 5.41) is 3.35. The average molecular weight is 261 g/mol. The Bertz CT molecular complexity index is 445. The van der Waals surface area contributed by atoms with Crippen molar-refractivity contribution in [1.29, 1.82) is 0 Å². The van der Waals surface area contributed by atoms with Crippen LogP contribution in [0.5, 0.6) is 0 Å². The summed E-state index contributed by atoms with van der Waals surface area (Å²) in [5.74, 6) is 0.102. The summed E-state index contributed by atoms with van der Waals surface area (Å²) in [5.41, 5.74) is 1.54. The predicted molar refractivity (Wildman–Crippen MR) is 77.4 cm³/mol. The molecule has 0 bridgehead atoms. The standard InChI is InChI=1S/C15H23N3O/c1-15(2,3)17-13-9-12(10-16-11-13)14(19)18-7-5-4-6-8-18/h9-11,17H,4-8H2,1-3H3. The van der Waals surface area contributed by atoms with Crippen LogP contribution in [-0.4, -0.2) is 34.4 Å². The number of anilines is 1. The Morgan fingerprint density at radius 2 is 1.89 bits per heavy atom. The van der Waals surface area contributed by atoms with Gasteiger partial charge in [-0.05, 0) is 46.1 Å². The number of aromatic nitrogens is 1. The fourth-order valence-corrected chi connectivity index (χ4v) is 2.34. The Morgan fingerprint density at radius 3 is 2.53 bits per heavy atom. The molecule has 1 aliphatic rings. The average Bonchev–Trinajstić information content (AvgIpc) is 2.37.